The molecule has 1 aliphatic rings. The number of ether oxygens (including phenoxy) is 1. The summed E-state index contributed by atoms with van der Waals surface area (Å²) in [5, 5.41) is 0. The molecular weight excluding hydrogens is 243 g/mol. The normalized spacial score (nSPS) is 16.6. The van der Waals surface area contributed by atoms with Crippen LogP contribution < -0.4 is 10.6 Å². The van der Waals surface area contributed by atoms with E-state index in [4.69, 9.17) is 10.5 Å². The van der Waals surface area contributed by atoms with Crippen LogP contribution in [0, 0.1) is 11.7 Å². The van der Waals surface area contributed by atoms with Crippen molar-refractivity contribution in [3.05, 3.63) is 29.6 Å². The summed E-state index contributed by atoms with van der Waals surface area (Å²) in [5.41, 5.74) is 7.44. The Kier molecular flexibility index (Phi) is 5.16. The number of nitrogens with two attached hydrogens (primary N) is 1. The lowest BCUT2D eigenvalue weighted by molar-refractivity contribution is 0.0685. The summed E-state index contributed by atoms with van der Waals surface area (Å²) in [6.07, 6.45) is 2.90. The van der Waals surface area contributed by atoms with Crippen molar-refractivity contribution in [3.63, 3.8) is 0 Å². The summed E-state index contributed by atoms with van der Waals surface area (Å²) < 4.78 is 19.0. The van der Waals surface area contributed by atoms with Crippen LogP contribution in [0.3, 0.4) is 0 Å². The van der Waals surface area contributed by atoms with Gasteiger partial charge in [0.05, 0.1) is 0 Å². The van der Waals surface area contributed by atoms with Crippen LogP contribution in [0.2, 0.25) is 0 Å². The molecule has 1 saturated heterocycles. The molecule has 1 aromatic carbocycles. The standard InChI is InChI=1S/C15H23FN2O/c1-18(11-12-3-6-19-7-4-12)15-9-13(2-5-17)8-14(16)10-15/h8-10,12H,2-7,11,17H2,1H3. The van der Waals surface area contributed by atoms with E-state index in [1.165, 1.54) is 0 Å². The van der Waals surface area contributed by atoms with Crippen LogP contribution in [0.25, 0.3) is 0 Å². The number of hydrogen-bond acceptors (Lipinski definition) is 3. The fourth-order valence-electron chi connectivity index (χ4n) is 2.59. The minimum absolute atomic E-state index is 0.181. The summed E-state index contributed by atoms with van der Waals surface area (Å²) >= 11 is 0. The Bertz CT molecular complexity index is 405. The molecule has 106 valence electrons. The summed E-state index contributed by atoms with van der Waals surface area (Å²) in [5.74, 6) is 0.458. The average Bonchev–Trinajstić information content (AvgIpc) is 2.39. The van der Waals surface area contributed by atoms with Gasteiger partial charge in [0.2, 0.25) is 0 Å². The smallest absolute Gasteiger partial charge is 0.125 e. The number of nitrogens with zero attached hydrogens (tertiary/aromatic N) is 1. The first-order chi connectivity index (χ1) is 9.19. The minimum atomic E-state index is -0.181. The number of rotatable bonds is 5. The van der Waals surface area contributed by atoms with Gasteiger partial charge in [-0.3, -0.25) is 0 Å². The molecular formula is C15H23FN2O. The average molecular weight is 266 g/mol. The highest BCUT2D eigenvalue weighted by Crippen LogP contribution is 2.22. The fourth-order valence-corrected chi connectivity index (χ4v) is 2.59. The van der Waals surface area contributed by atoms with Crippen LogP contribution in [0.15, 0.2) is 18.2 Å². The second-order valence-electron chi connectivity index (χ2n) is 5.29. The topological polar surface area (TPSA) is 38.5 Å². The van der Waals surface area contributed by atoms with Crippen LogP contribution in [-0.4, -0.2) is 33.4 Å². The van der Waals surface area contributed by atoms with Crippen LogP contribution in [0.4, 0.5) is 10.1 Å². The molecule has 0 saturated carbocycles. The third kappa shape index (κ3) is 4.18. The van der Waals surface area contributed by atoms with Crippen molar-refractivity contribution in [2.75, 3.05) is 38.3 Å². The zero-order chi connectivity index (χ0) is 13.7. The van der Waals surface area contributed by atoms with Crippen molar-refractivity contribution in [2.24, 2.45) is 11.7 Å². The van der Waals surface area contributed by atoms with Crippen molar-refractivity contribution in [2.45, 2.75) is 19.3 Å². The van der Waals surface area contributed by atoms with Crippen molar-refractivity contribution in [1.82, 2.24) is 0 Å². The molecule has 0 aliphatic carbocycles. The molecule has 0 bridgehead atoms. The Morgan fingerprint density at radius 3 is 2.74 bits per heavy atom. The van der Waals surface area contributed by atoms with E-state index in [-0.39, 0.29) is 5.82 Å². The predicted octanol–water partition coefficient (Wildman–Crippen LogP) is 2.19. The number of anilines is 1. The van der Waals surface area contributed by atoms with Crippen molar-refractivity contribution in [3.8, 4) is 0 Å². The molecule has 1 aromatic rings. The van der Waals surface area contributed by atoms with Crippen molar-refractivity contribution >= 4 is 5.69 Å². The van der Waals surface area contributed by atoms with Crippen LogP contribution in [0.1, 0.15) is 18.4 Å². The lowest BCUT2D eigenvalue weighted by Crippen LogP contribution is -2.29. The van der Waals surface area contributed by atoms with E-state index in [1.807, 2.05) is 13.1 Å². The van der Waals surface area contributed by atoms with E-state index in [0.29, 0.717) is 12.5 Å². The summed E-state index contributed by atoms with van der Waals surface area (Å²) in [7, 11) is 2.02. The minimum Gasteiger partial charge on any atom is -0.381 e. The summed E-state index contributed by atoms with van der Waals surface area (Å²) in [4.78, 5) is 2.14. The molecule has 4 heteroatoms. The second-order valence-corrected chi connectivity index (χ2v) is 5.29. The van der Waals surface area contributed by atoms with Gasteiger partial charge in [-0.25, -0.2) is 4.39 Å². The van der Waals surface area contributed by atoms with Gasteiger partial charge in [-0.1, -0.05) is 0 Å². The van der Waals surface area contributed by atoms with Crippen LogP contribution in [0.5, 0.6) is 0 Å². The first-order valence-electron chi connectivity index (χ1n) is 6.97. The first kappa shape index (κ1) is 14.3. The molecule has 19 heavy (non-hydrogen) atoms. The molecule has 0 aromatic heterocycles. The third-order valence-electron chi connectivity index (χ3n) is 3.69. The first-order valence-corrected chi connectivity index (χ1v) is 6.97. The van der Waals surface area contributed by atoms with E-state index in [1.54, 1.807) is 12.1 Å². The Hall–Kier alpha value is -1.13. The highest BCUT2D eigenvalue weighted by molar-refractivity contribution is 5.48. The van der Waals surface area contributed by atoms with Gasteiger partial charge >= 0.3 is 0 Å². The van der Waals surface area contributed by atoms with Gasteiger partial charge in [0, 0.05) is 32.5 Å². The van der Waals surface area contributed by atoms with E-state index >= 15 is 0 Å². The second kappa shape index (κ2) is 6.87. The summed E-state index contributed by atoms with van der Waals surface area (Å²) in [6.45, 7) is 3.20. The SMILES string of the molecule is CN(CC1CCOCC1)c1cc(F)cc(CCN)c1. The lowest BCUT2D eigenvalue weighted by atomic mass is 9.99. The van der Waals surface area contributed by atoms with Crippen LogP contribution >= 0.6 is 0 Å². The molecule has 0 radical (unpaired) electrons. The Morgan fingerprint density at radius 2 is 2.05 bits per heavy atom. The Balaban J connectivity index is 2.02. The van der Waals surface area contributed by atoms with Gasteiger partial charge in [0.1, 0.15) is 5.82 Å². The third-order valence-corrected chi connectivity index (χ3v) is 3.69. The maximum Gasteiger partial charge on any atom is 0.125 e. The molecule has 2 N–H and O–H groups in total. The molecule has 1 aliphatic heterocycles. The molecule has 2 rings (SSSR count). The predicted molar refractivity (Wildman–Crippen MR) is 76.0 cm³/mol. The molecule has 0 atom stereocenters. The zero-order valence-electron chi connectivity index (χ0n) is 11.6. The number of benzene rings is 1. The van der Waals surface area contributed by atoms with Gasteiger partial charge in [0.15, 0.2) is 0 Å². The molecule has 1 heterocycles. The Morgan fingerprint density at radius 1 is 1.32 bits per heavy atom. The number of hydrogen-bond donors (Lipinski definition) is 1. The van der Waals surface area contributed by atoms with Crippen LogP contribution in [-0.2, 0) is 11.2 Å². The maximum absolute atomic E-state index is 13.6. The van der Waals surface area contributed by atoms with E-state index in [2.05, 4.69) is 4.90 Å². The molecule has 0 unspecified atom stereocenters. The summed E-state index contributed by atoms with van der Waals surface area (Å²) in [6, 6.07) is 5.20. The van der Waals surface area contributed by atoms with Gasteiger partial charge in [0.25, 0.3) is 0 Å². The maximum atomic E-state index is 13.6. The highest BCUT2D eigenvalue weighted by Gasteiger charge is 2.16. The molecule has 0 amide bonds. The zero-order valence-corrected chi connectivity index (χ0v) is 11.6. The van der Waals surface area contributed by atoms with Gasteiger partial charge < -0.3 is 15.4 Å². The fraction of sp³-hybridized carbons (Fsp3) is 0.600. The molecule has 3 nitrogen and oxygen atoms in total. The van der Waals surface area contributed by atoms with Gasteiger partial charge in [-0.15, -0.1) is 0 Å². The van der Waals surface area contributed by atoms with Crippen molar-refractivity contribution < 1.29 is 9.13 Å². The lowest BCUT2D eigenvalue weighted by Gasteiger charge is -2.28. The highest BCUT2D eigenvalue weighted by atomic mass is 19.1. The molecule has 0 spiro atoms. The van der Waals surface area contributed by atoms with E-state index in [9.17, 15) is 4.39 Å². The van der Waals surface area contributed by atoms with Gasteiger partial charge in [-0.05, 0) is 55.5 Å². The largest absolute Gasteiger partial charge is 0.381 e. The van der Waals surface area contributed by atoms with E-state index < -0.39 is 0 Å². The van der Waals surface area contributed by atoms with Gasteiger partial charge in [-0.2, -0.15) is 0 Å². The van der Waals surface area contributed by atoms with E-state index in [0.717, 1.165) is 50.3 Å². The Labute approximate surface area is 114 Å². The quantitative estimate of drug-likeness (QED) is 0.888. The monoisotopic (exact) mass is 266 g/mol. The molecule has 1 fully saturated rings. The number of halogens is 1. The van der Waals surface area contributed by atoms with Crippen molar-refractivity contribution in [1.29, 1.82) is 0 Å².